The number of hydrogen-bond acceptors (Lipinski definition) is 2. The molecule has 0 radical (unpaired) electrons. The maximum absolute atomic E-state index is 11.2. The normalized spacial score (nSPS) is 21.7. The van der Waals surface area contributed by atoms with Crippen molar-refractivity contribution in [3.05, 3.63) is 0 Å². The Labute approximate surface area is 112 Å². The van der Waals surface area contributed by atoms with Gasteiger partial charge >= 0.3 is 5.97 Å². The smallest absolute Gasteiger partial charge is 0.309 e. The summed E-state index contributed by atoms with van der Waals surface area (Å²) >= 11 is 0. The zero-order valence-electron chi connectivity index (χ0n) is 12.2. The number of aliphatic carboxylic acids is 1. The highest BCUT2D eigenvalue weighted by atomic mass is 16.4. The van der Waals surface area contributed by atoms with Crippen molar-refractivity contribution in [2.24, 2.45) is 11.3 Å². The molecule has 1 unspecified atom stereocenters. The standard InChI is InChI=1S/C15H29NO2/c1-4-6-7-13(5-2)12-16-10-8-15(3,9-11-16)14(17)18/h13H,4-12H2,1-3H3,(H,17,18). The zero-order chi connectivity index (χ0) is 13.6. The lowest BCUT2D eigenvalue weighted by atomic mass is 9.80. The second-order valence-electron chi connectivity index (χ2n) is 6.08. The molecular weight excluding hydrogens is 226 g/mol. The predicted octanol–water partition coefficient (Wildman–Crippen LogP) is 3.39. The average molecular weight is 255 g/mol. The molecule has 1 atom stereocenters. The van der Waals surface area contributed by atoms with Crippen LogP contribution in [0.15, 0.2) is 0 Å². The summed E-state index contributed by atoms with van der Waals surface area (Å²) in [5.74, 6) is 0.166. The fraction of sp³-hybridized carbons (Fsp3) is 0.933. The van der Waals surface area contributed by atoms with E-state index in [1.165, 1.54) is 25.7 Å². The maximum atomic E-state index is 11.2. The van der Waals surface area contributed by atoms with E-state index in [0.29, 0.717) is 0 Å². The summed E-state index contributed by atoms with van der Waals surface area (Å²) in [7, 11) is 0. The molecule has 18 heavy (non-hydrogen) atoms. The van der Waals surface area contributed by atoms with Gasteiger partial charge in [-0.15, -0.1) is 0 Å². The fourth-order valence-electron chi connectivity index (χ4n) is 2.73. The van der Waals surface area contributed by atoms with Gasteiger partial charge in [0.15, 0.2) is 0 Å². The van der Waals surface area contributed by atoms with Crippen molar-refractivity contribution in [3.63, 3.8) is 0 Å². The molecule has 1 N–H and O–H groups in total. The molecule has 1 heterocycles. The Bertz CT molecular complexity index is 257. The molecule has 0 amide bonds. The second kappa shape index (κ2) is 7.13. The van der Waals surface area contributed by atoms with Crippen LogP contribution in [0.1, 0.15) is 59.3 Å². The molecule has 3 nitrogen and oxygen atoms in total. The SMILES string of the molecule is CCCCC(CC)CN1CCC(C)(C(=O)O)CC1. The number of nitrogens with zero attached hydrogens (tertiary/aromatic N) is 1. The van der Waals surface area contributed by atoms with E-state index < -0.39 is 11.4 Å². The monoisotopic (exact) mass is 255 g/mol. The first-order valence-electron chi connectivity index (χ1n) is 7.47. The van der Waals surface area contributed by atoms with Crippen molar-refractivity contribution in [1.29, 1.82) is 0 Å². The maximum Gasteiger partial charge on any atom is 0.309 e. The molecule has 3 heteroatoms. The first-order valence-corrected chi connectivity index (χ1v) is 7.47. The number of carboxylic acid groups (broad SMARTS) is 1. The number of piperidine rings is 1. The molecule has 0 aliphatic carbocycles. The van der Waals surface area contributed by atoms with E-state index >= 15 is 0 Å². The van der Waals surface area contributed by atoms with Gasteiger partial charge in [0.2, 0.25) is 0 Å². The molecule has 1 rings (SSSR count). The highest BCUT2D eigenvalue weighted by molar-refractivity contribution is 5.74. The van der Waals surface area contributed by atoms with Gasteiger partial charge < -0.3 is 10.0 Å². The van der Waals surface area contributed by atoms with Gasteiger partial charge in [-0.05, 0) is 45.2 Å². The number of carboxylic acids is 1. The Balaban J connectivity index is 2.36. The number of unbranched alkanes of at least 4 members (excludes halogenated alkanes) is 1. The molecule has 1 saturated heterocycles. The Hall–Kier alpha value is -0.570. The van der Waals surface area contributed by atoms with Crippen LogP contribution in [0.2, 0.25) is 0 Å². The minimum Gasteiger partial charge on any atom is -0.481 e. The Morgan fingerprint density at radius 3 is 2.39 bits per heavy atom. The number of likely N-dealkylation sites (tertiary alicyclic amines) is 1. The molecule has 0 bridgehead atoms. The van der Waals surface area contributed by atoms with Crippen LogP contribution in [0.3, 0.4) is 0 Å². The third-order valence-corrected chi connectivity index (χ3v) is 4.54. The summed E-state index contributed by atoms with van der Waals surface area (Å²) in [6, 6.07) is 0. The number of hydrogen-bond donors (Lipinski definition) is 1. The van der Waals surface area contributed by atoms with Crippen LogP contribution < -0.4 is 0 Å². The number of rotatable bonds is 7. The van der Waals surface area contributed by atoms with Crippen molar-refractivity contribution >= 4 is 5.97 Å². The van der Waals surface area contributed by atoms with E-state index in [4.69, 9.17) is 0 Å². The van der Waals surface area contributed by atoms with E-state index in [1.54, 1.807) is 0 Å². The minimum atomic E-state index is -0.625. The molecule has 1 aliphatic rings. The van der Waals surface area contributed by atoms with Gasteiger partial charge in [-0.3, -0.25) is 4.79 Å². The van der Waals surface area contributed by atoms with Crippen molar-refractivity contribution in [2.45, 2.75) is 59.3 Å². The van der Waals surface area contributed by atoms with E-state index in [2.05, 4.69) is 18.7 Å². The van der Waals surface area contributed by atoms with Gasteiger partial charge in [0, 0.05) is 6.54 Å². The van der Waals surface area contributed by atoms with Crippen molar-refractivity contribution < 1.29 is 9.90 Å². The molecule has 1 fully saturated rings. The van der Waals surface area contributed by atoms with Gasteiger partial charge in [-0.25, -0.2) is 0 Å². The topological polar surface area (TPSA) is 40.5 Å². The van der Waals surface area contributed by atoms with Gasteiger partial charge in [0.25, 0.3) is 0 Å². The second-order valence-corrected chi connectivity index (χ2v) is 6.08. The first kappa shape index (κ1) is 15.5. The van der Waals surface area contributed by atoms with Gasteiger partial charge in [0.05, 0.1) is 5.41 Å². The molecule has 0 saturated carbocycles. The van der Waals surface area contributed by atoms with Crippen LogP contribution in [0.5, 0.6) is 0 Å². The first-order chi connectivity index (χ1) is 8.51. The van der Waals surface area contributed by atoms with Crippen LogP contribution in [0, 0.1) is 11.3 Å². The van der Waals surface area contributed by atoms with Gasteiger partial charge in [0.1, 0.15) is 0 Å². The lowest BCUT2D eigenvalue weighted by molar-refractivity contribution is -0.150. The lowest BCUT2D eigenvalue weighted by Gasteiger charge is -2.37. The summed E-state index contributed by atoms with van der Waals surface area (Å²) < 4.78 is 0. The quantitative estimate of drug-likeness (QED) is 0.758. The molecular formula is C15H29NO2. The summed E-state index contributed by atoms with van der Waals surface area (Å²) in [5.41, 5.74) is -0.484. The summed E-state index contributed by atoms with van der Waals surface area (Å²) in [6.45, 7) is 9.46. The fourth-order valence-corrected chi connectivity index (χ4v) is 2.73. The van der Waals surface area contributed by atoms with E-state index in [-0.39, 0.29) is 0 Å². The van der Waals surface area contributed by atoms with Gasteiger partial charge in [-0.2, -0.15) is 0 Å². The van der Waals surface area contributed by atoms with Crippen molar-refractivity contribution in [1.82, 2.24) is 4.90 Å². The summed E-state index contributed by atoms with van der Waals surface area (Å²) in [6.07, 6.45) is 6.75. The molecule has 0 aromatic rings. The molecule has 1 aliphatic heterocycles. The largest absolute Gasteiger partial charge is 0.481 e. The minimum absolute atomic E-state index is 0.484. The number of carbonyl (C=O) groups is 1. The van der Waals surface area contributed by atoms with E-state index in [9.17, 15) is 9.90 Å². The molecule has 0 aromatic carbocycles. The predicted molar refractivity (Wildman–Crippen MR) is 74.7 cm³/mol. The van der Waals surface area contributed by atoms with Gasteiger partial charge in [-0.1, -0.05) is 33.1 Å². The van der Waals surface area contributed by atoms with Crippen molar-refractivity contribution in [2.75, 3.05) is 19.6 Å². The molecule has 0 spiro atoms. The summed E-state index contributed by atoms with van der Waals surface area (Å²) in [5, 5.41) is 9.21. The highest BCUT2D eigenvalue weighted by Gasteiger charge is 2.36. The lowest BCUT2D eigenvalue weighted by Crippen LogP contribution is -2.44. The highest BCUT2D eigenvalue weighted by Crippen LogP contribution is 2.31. The zero-order valence-corrected chi connectivity index (χ0v) is 12.2. The van der Waals surface area contributed by atoms with Crippen LogP contribution in [-0.2, 0) is 4.79 Å². The molecule has 0 aromatic heterocycles. The Kier molecular flexibility index (Phi) is 6.13. The third kappa shape index (κ3) is 4.27. The van der Waals surface area contributed by atoms with E-state index in [0.717, 1.165) is 38.4 Å². The van der Waals surface area contributed by atoms with Crippen LogP contribution >= 0.6 is 0 Å². The Morgan fingerprint density at radius 1 is 1.33 bits per heavy atom. The average Bonchev–Trinajstić information content (AvgIpc) is 2.36. The van der Waals surface area contributed by atoms with Crippen molar-refractivity contribution in [3.8, 4) is 0 Å². The van der Waals surface area contributed by atoms with E-state index in [1.807, 2.05) is 6.92 Å². The van der Waals surface area contributed by atoms with Crippen LogP contribution in [0.25, 0.3) is 0 Å². The summed E-state index contributed by atoms with van der Waals surface area (Å²) in [4.78, 5) is 13.7. The van der Waals surface area contributed by atoms with Crippen LogP contribution in [-0.4, -0.2) is 35.6 Å². The third-order valence-electron chi connectivity index (χ3n) is 4.54. The Morgan fingerprint density at radius 2 is 1.94 bits per heavy atom. The van der Waals surface area contributed by atoms with Crippen LogP contribution in [0.4, 0.5) is 0 Å². The molecule has 106 valence electrons.